The standard InChI is InChI=1S/C14H14F3N5O/c15-6-5-9-1-3-10(4-2-9)13(23)22-8-14(16,17)7-11(22)12-18-20-21-19-12/h1-4,11H,5-8H2,(H,18,19,20,21). The fourth-order valence-electron chi connectivity index (χ4n) is 2.66. The van der Waals surface area contributed by atoms with E-state index in [9.17, 15) is 18.0 Å². The molecule has 0 aliphatic carbocycles. The number of likely N-dealkylation sites (tertiary alicyclic amines) is 1. The number of aryl methyl sites for hydroxylation is 1. The van der Waals surface area contributed by atoms with Crippen molar-refractivity contribution in [3.63, 3.8) is 0 Å². The van der Waals surface area contributed by atoms with E-state index in [-0.39, 0.29) is 17.8 Å². The van der Waals surface area contributed by atoms with E-state index in [4.69, 9.17) is 0 Å². The van der Waals surface area contributed by atoms with Gasteiger partial charge in [0.05, 0.1) is 13.2 Å². The lowest BCUT2D eigenvalue weighted by molar-refractivity contribution is 0.0117. The van der Waals surface area contributed by atoms with Gasteiger partial charge >= 0.3 is 0 Å². The number of tetrazole rings is 1. The molecule has 1 atom stereocenters. The molecular formula is C14H14F3N5O. The van der Waals surface area contributed by atoms with E-state index in [0.29, 0.717) is 0 Å². The fourth-order valence-corrected chi connectivity index (χ4v) is 2.66. The Morgan fingerprint density at radius 1 is 1.35 bits per heavy atom. The van der Waals surface area contributed by atoms with Crippen LogP contribution in [0.15, 0.2) is 24.3 Å². The summed E-state index contributed by atoms with van der Waals surface area (Å²) < 4.78 is 39.8. The summed E-state index contributed by atoms with van der Waals surface area (Å²) in [6.07, 6.45) is -0.292. The second kappa shape index (κ2) is 5.98. The lowest BCUT2D eigenvalue weighted by Crippen LogP contribution is -2.33. The second-order valence-corrected chi connectivity index (χ2v) is 5.41. The molecule has 1 fully saturated rings. The van der Waals surface area contributed by atoms with E-state index in [1.165, 1.54) is 12.1 Å². The molecule has 3 rings (SSSR count). The van der Waals surface area contributed by atoms with E-state index >= 15 is 0 Å². The van der Waals surface area contributed by atoms with Crippen molar-refractivity contribution in [3.05, 3.63) is 41.2 Å². The van der Waals surface area contributed by atoms with Crippen LogP contribution in [0, 0.1) is 0 Å². The molecule has 122 valence electrons. The molecule has 0 bridgehead atoms. The molecule has 2 heterocycles. The minimum absolute atomic E-state index is 0.0598. The predicted molar refractivity (Wildman–Crippen MR) is 73.6 cm³/mol. The molecule has 1 aromatic heterocycles. The molecule has 1 aliphatic heterocycles. The maximum atomic E-state index is 13.8. The molecule has 1 saturated heterocycles. The zero-order chi connectivity index (χ0) is 16.4. The first-order valence-electron chi connectivity index (χ1n) is 7.07. The van der Waals surface area contributed by atoms with Gasteiger partial charge in [-0.1, -0.05) is 17.3 Å². The number of rotatable bonds is 4. The minimum Gasteiger partial charge on any atom is -0.322 e. The number of alkyl halides is 3. The molecule has 6 nitrogen and oxygen atoms in total. The third-order valence-corrected chi connectivity index (χ3v) is 3.77. The van der Waals surface area contributed by atoms with Gasteiger partial charge in [-0.05, 0) is 17.7 Å². The Balaban J connectivity index is 1.84. The van der Waals surface area contributed by atoms with Gasteiger partial charge < -0.3 is 4.90 Å². The third-order valence-electron chi connectivity index (χ3n) is 3.77. The molecule has 0 spiro atoms. The Morgan fingerprint density at radius 3 is 2.70 bits per heavy atom. The van der Waals surface area contributed by atoms with Crippen LogP contribution < -0.4 is 0 Å². The number of amides is 1. The third kappa shape index (κ3) is 3.17. The van der Waals surface area contributed by atoms with Gasteiger partial charge in [0.15, 0.2) is 5.82 Å². The first-order valence-corrected chi connectivity index (χ1v) is 7.07. The van der Waals surface area contributed by atoms with Gasteiger partial charge in [-0.3, -0.25) is 9.18 Å². The fraction of sp³-hybridized carbons (Fsp3) is 0.429. The highest BCUT2D eigenvalue weighted by molar-refractivity contribution is 5.94. The zero-order valence-corrected chi connectivity index (χ0v) is 12.0. The van der Waals surface area contributed by atoms with Crippen molar-refractivity contribution in [2.24, 2.45) is 0 Å². The Kier molecular flexibility index (Phi) is 4.01. The van der Waals surface area contributed by atoms with Crippen LogP contribution in [0.3, 0.4) is 0 Å². The van der Waals surface area contributed by atoms with Crippen LogP contribution in [-0.4, -0.2) is 50.6 Å². The summed E-state index contributed by atoms with van der Waals surface area (Å²) in [5.41, 5.74) is 1.00. The average molecular weight is 325 g/mol. The second-order valence-electron chi connectivity index (χ2n) is 5.41. The van der Waals surface area contributed by atoms with Crippen LogP contribution in [0.25, 0.3) is 0 Å². The SMILES string of the molecule is O=C(c1ccc(CCF)cc1)N1CC(F)(F)CC1c1nn[nH]n1. The van der Waals surface area contributed by atoms with Crippen molar-refractivity contribution < 1.29 is 18.0 Å². The first kappa shape index (κ1) is 15.4. The molecule has 23 heavy (non-hydrogen) atoms. The number of carbonyl (C=O) groups excluding carboxylic acids is 1. The van der Waals surface area contributed by atoms with Crippen molar-refractivity contribution in [1.82, 2.24) is 25.5 Å². The number of hydrogen-bond acceptors (Lipinski definition) is 4. The topological polar surface area (TPSA) is 74.8 Å². The van der Waals surface area contributed by atoms with Gasteiger partial charge in [0.2, 0.25) is 0 Å². The summed E-state index contributed by atoms with van der Waals surface area (Å²) in [5, 5.41) is 13.0. The van der Waals surface area contributed by atoms with E-state index in [2.05, 4.69) is 20.6 Å². The maximum Gasteiger partial charge on any atom is 0.267 e. The summed E-state index contributed by atoms with van der Waals surface area (Å²) in [6, 6.07) is 5.32. The number of nitrogens with zero attached hydrogens (tertiary/aromatic N) is 4. The summed E-state index contributed by atoms with van der Waals surface area (Å²) in [6.45, 7) is -1.19. The number of halogens is 3. The highest BCUT2D eigenvalue weighted by atomic mass is 19.3. The van der Waals surface area contributed by atoms with Crippen molar-refractivity contribution in [2.75, 3.05) is 13.2 Å². The molecule has 1 aliphatic rings. The van der Waals surface area contributed by atoms with Crippen LogP contribution in [0.4, 0.5) is 13.2 Å². The molecule has 1 N–H and O–H groups in total. The number of H-pyrrole nitrogens is 1. The van der Waals surface area contributed by atoms with Crippen LogP contribution in [0.5, 0.6) is 0 Å². The molecule has 1 amide bonds. The summed E-state index contributed by atoms with van der Waals surface area (Å²) >= 11 is 0. The van der Waals surface area contributed by atoms with Gasteiger partial charge in [0.25, 0.3) is 11.8 Å². The Morgan fingerprint density at radius 2 is 2.09 bits per heavy atom. The number of benzene rings is 1. The highest BCUT2D eigenvalue weighted by Gasteiger charge is 2.49. The monoisotopic (exact) mass is 325 g/mol. The van der Waals surface area contributed by atoms with Crippen molar-refractivity contribution in [1.29, 1.82) is 0 Å². The van der Waals surface area contributed by atoms with Crippen molar-refractivity contribution in [2.45, 2.75) is 24.8 Å². The lowest BCUT2D eigenvalue weighted by atomic mass is 10.1. The molecule has 1 aromatic carbocycles. The lowest BCUT2D eigenvalue weighted by Gasteiger charge is -2.21. The van der Waals surface area contributed by atoms with Crippen LogP contribution in [0.2, 0.25) is 0 Å². The van der Waals surface area contributed by atoms with Gasteiger partial charge in [0.1, 0.15) is 6.04 Å². The largest absolute Gasteiger partial charge is 0.322 e. The highest BCUT2D eigenvalue weighted by Crippen LogP contribution is 2.40. The van der Waals surface area contributed by atoms with Crippen LogP contribution in [-0.2, 0) is 6.42 Å². The van der Waals surface area contributed by atoms with Crippen molar-refractivity contribution >= 4 is 5.91 Å². The molecule has 1 unspecified atom stereocenters. The smallest absolute Gasteiger partial charge is 0.267 e. The molecule has 9 heteroatoms. The van der Waals surface area contributed by atoms with Gasteiger partial charge in [-0.15, -0.1) is 10.2 Å². The van der Waals surface area contributed by atoms with Crippen LogP contribution in [0.1, 0.15) is 34.2 Å². The number of carbonyl (C=O) groups is 1. The van der Waals surface area contributed by atoms with Gasteiger partial charge in [-0.25, -0.2) is 8.78 Å². The van der Waals surface area contributed by atoms with Gasteiger partial charge in [-0.2, -0.15) is 5.21 Å². The zero-order valence-electron chi connectivity index (χ0n) is 12.0. The quantitative estimate of drug-likeness (QED) is 0.932. The molecule has 2 aromatic rings. The Labute approximate surface area is 129 Å². The van der Waals surface area contributed by atoms with E-state index < -0.39 is 37.5 Å². The molecule has 0 saturated carbocycles. The Bertz CT molecular complexity index is 674. The molecular weight excluding hydrogens is 311 g/mol. The molecule has 0 radical (unpaired) electrons. The number of hydrogen-bond donors (Lipinski definition) is 1. The Hall–Kier alpha value is -2.45. The average Bonchev–Trinajstić information content (AvgIpc) is 3.15. The maximum absolute atomic E-state index is 13.8. The van der Waals surface area contributed by atoms with Gasteiger partial charge in [0, 0.05) is 18.4 Å². The van der Waals surface area contributed by atoms with E-state index in [0.717, 1.165) is 10.5 Å². The number of nitrogens with one attached hydrogen (secondary N) is 1. The number of aromatic amines is 1. The van der Waals surface area contributed by atoms with E-state index in [1.807, 2.05) is 0 Å². The van der Waals surface area contributed by atoms with Crippen molar-refractivity contribution in [3.8, 4) is 0 Å². The summed E-state index contributed by atoms with van der Waals surface area (Å²) in [5.74, 6) is -3.48. The normalized spacial score (nSPS) is 20.0. The first-order chi connectivity index (χ1) is 11.0. The van der Waals surface area contributed by atoms with Crippen LogP contribution >= 0.6 is 0 Å². The summed E-state index contributed by atoms with van der Waals surface area (Å²) in [4.78, 5) is 13.6. The summed E-state index contributed by atoms with van der Waals surface area (Å²) in [7, 11) is 0. The predicted octanol–water partition coefficient (Wildman–Crippen LogP) is 1.93. The minimum atomic E-state index is -3.00. The van der Waals surface area contributed by atoms with E-state index in [1.54, 1.807) is 12.1 Å². The number of aromatic nitrogens is 4.